The van der Waals surface area contributed by atoms with Crippen molar-refractivity contribution in [2.45, 2.75) is 13.0 Å². The van der Waals surface area contributed by atoms with Gasteiger partial charge in [0, 0.05) is 10.9 Å². The first-order chi connectivity index (χ1) is 9.58. The number of benzene rings is 2. The summed E-state index contributed by atoms with van der Waals surface area (Å²) in [6.45, 7) is 1.88. The SMILES string of the molecule is Cc1cccc2cc(C(O)c3cccc(F)c3F)oc12. The summed E-state index contributed by atoms with van der Waals surface area (Å²) < 4.78 is 32.5. The largest absolute Gasteiger partial charge is 0.458 e. The summed E-state index contributed by atoms with van der Waals surface area (Å²) in [7, 11) is 0. The Kier molecular flexibility index (Phi) is 3.03. The highest BCUT2D eigenvalue weighted by Gasteiger charge is 2.21. The molecule has 1 aromatic heterocycles. The normalized spacial score (nSPS) is 12.8. The van der Waals surface area contributed by atoms with Crippen molar-refractivity contribution in [2.24, 2.45) is 0 Å². The van der Waals surface area contributed by atoms with Gasteiger partial charge in [-0.05, 0) is 24.6 Å². The van der Waals surface area contributed by atoms with Crippen molar-refractivity contribution >= 4 is 11.0 Å². The van der Waals surface area contributed by atoms with Crippen LogP contribution in [-0.4, -0.2) is 5.11 Å². The van der Waals surface area contributed by atoms with Gasteiger partial charge in [-0.25, -0.2) is 8.78 Å². The quantitative estimate of drug-likeness (QED) is 0.763. The Morgan fingerprint density at radius 1 is 1.10 bits per heavy atom. The van der Waals surface area contributed by atoms with Gasteiger partial charge < -0.3 is 9.52 Å². The molecule has 2 nitrogen and oxygen atoms in total. The van der Waals surface area contributed by atoms with Gasteiger partial charge in [0.15, 0.2) is 11.6 Å². The molecule has 20 heavy (non-hydrogen) atoms. The van der Waals surface area contributed by atoms with Crippen LogP contribution in [-0.2, 0) is 0 Å². The monoisotopic (exact) mass is 274 g/mol. The van der Waals surface area contributed by atoms with Crippen molar-refractivity contribution in [2.75, 3.05) is 0 Å². The number of furan rings is 1. The third kappa shape index (κ3) is 1.98. The molecule has 102 valence electrons. The topological polar surface area (TPSA) is 33.4 Å². The molecule has 0 fully saturated rings. The molecule has 0 bridgehead atoms. The van der Waals surface area contributed by atoms with E-state index in [9.17, 15) is 13.9 Å². The molecule has 0 spiro atoms. The third-order valence-electron chi connectivity index (χ3n) is 3.31. The van der Waals surface area contributed by atoms with Crippen molar-refractivity contribution in [1.82, 2.24) is 0 Å². The van der Waals surface area contributed by atoms with E-state index in [1.807, 2.05) is 25.1 Å². The van der Waals surface area contributed by atoms with Gasteiger partial charge in [-0.1, -0.05) is 30.3 Å². The van der Waals surface area contributed by atoms with Crippen molar-refractivity contribution < 1.29 is 18.3 Å². The van der Waals surface area contributed by atoms with Crippen molar-refractivity contribution in [1.29, 1.82) is 0 Å². The van der Waals surface area contributed by atoms with Gasteiger partial charge in [0.05, 0.1) is 0 Å². The molecular weight excluding hydrogens is 262 g/mol. The Bertz CT molecular complexity index is 777. The maximum atomic E-state index is 13.7. The molecule has 0 aliphatic heterocycles. The highest BCUT2D eigenvalue weighted by Crippen LogP contribution is 2.31. The second-order valence-electron chi connectivity index (χ2n) is 4.69. The summed E-state index contributed by atoms with van der Waals surface area (Å²) in [6.07, 6.45) is -1.34. The number of aliphatic hydroxyl groups excluding tert-OH is 1. The van der Waals surface area contributed by atoms with Crippen LogP contribution in [0.1, 0.15) is 23.0 Å². The smallest absolute Gasteiger partial charge is 0.165 e. The van der Waals surface area contributed by atoms with Gasteiger partial charge in [0.25, 0.3) is 0 Å². The van der Waals surface area contributed by atoms with E-state index in [-0.39, 0.29) is 11.3 Å². The molecule has 0 saturated carbocycles. The lowest BCUT2D eigenvalue weighted by Crippen LogP contribution is -2.02. The number of aliphatic hydroxyl groups is 1. The molecular formula is C16H12F2O2. The van der Waals surface area contributed by atoms with E-state index in [2.05, 4.69) is 0 Å². The minimum Gasteiger partial charge on any atom is -0.458 e. The molecule has 4 heteroatoms. The maximum absolute atomic E-state index is 13.7. The summed E-state index contributed by atoms with van der Waals surface area (Å²) in [5.74, 6) is -1.86. The Balaban J connectivity index is 2.10. The van der Waals surface area contributed by atoms with Crippen LogP contribution in [0.15, 0.2) is 46.9 Å². The fourth-order valence-corrected chi connectivity index (χ4v) is 2.25. The van der Waals surface area contributed by atoms with Gasteiger partial charge in [0.2, 0.25) is 0 Å². The fourth-order valence-electron chi connectivity index (χ4n) is 2.25. The van der Waals surface area contributed by atoms with E-state index in [1.165, 1.54) is 12.1 Å². The molecule has 0 aliphatic carbocycles. The minimum atomic E-state index is -1.34. The number of hydrogen-bond donors (Lipinski definition) is 1. The lowest BCUT2D eigenvalue weighted by atomic mass is 10.1. The lowest BCUT2D eigenvalue weighted by Gasteiger charge is -2.09. The second kappa shape index (κ2) is 4.72. The van der Waals surface area contributed by atoms with Gasteiger partial charge >= 0.3 is 0 Å². The predicted octanol–water partition coefficient (Wildman–Crippen LogP) is 4.10. The predicted molar refractivity (Wildman–Crippen MR) is 71.4 cm³/mol. The van der Waals surface area contributed by atoms with Crippen LogP contribution in [0.2, 0.25) is 0 Å². The molecule has 3 rings (SSSR count). The molecule has 3 aromatic rings. The van der Waals surface area contributed by atoms with E-state index in [0.29, 0.717) is 5.58 Å². The zero-order valence-corrected chi connectivity index (χ0v) is 10.7. The zero-order chi connectivity index (χ0) is 14.3. The van der Waals surface area contributed by atoms with Crippen molar-refractivity contribution in [3.8, 4) is 0 Å². The average molecular weight is 274 g/mol. The molecule has 1 atom stereocenters. The number of aryl methyl sites for hydroxylation is 1. The highest BCUT2D eigenvalue weighted by molar-refractivity contribution is 5.81. The number of fused-ring (bicyclic) bond motifs is 1. The molecule has 0 saturated heterocycles. The van der Waals surface area contributed by atoms with Gasteiger partial charge in [-0.3, -0.25) is 0 Å². The molecule has 1 N–H and O–H groups in total. The second-order valence-corrected chi connectivity index (χ2v) is 4.69. The summed E-state index contributed by atoms with van der Waals surface area (Å²) >= 11 is 0. The molecule has 0 aliphatic rings. The zero-order valence-electron chi connectivity index (χ0n) is 10.7. The van der Waals surface area contributed by atoms with E-state index in [0.717, 1.165) is 17.0 Å². The van der Waals surface area contributed by atoms with Crippen LogP contribution in [0.4, 0.5) is 8.78 Å². The fraction of sp³-hybridized carbons (Fsp3) is 0.125. The minimum absolute atomic E-state index is 0.137. The standard InChI is InChI=1S/C16H12F2O2/c1-9-4-2-5-10-8-13(20-16(9)10)15(19)11-6-3-7-12(17)14(11)18/h2-8,15,19H,1H3. The average Bonchev–Trinajstić information content (AvgIpc) is 2.87. The van der Waals surface area contributed by atoms with Gasteiger partial charge in [-0.2, -0.15) is 0 Å². The van der Waals surface area contributed by atoms with Crippen molar-refractivity contribution in [3.05, 3.63) is 71.0 Å². The lowest BCUT2D eigenvalue weighted by molar-refractivity contribution is 0.186. The maximum Gasteiger partial charge on any atom is 0.165 e. The molecule has 1 unspecified atom stereocenters. The number of rotatable bonds is 2. The first kappa shape index (κ1) is 12.8. The Labute approximate surface area is 114 Å². The summed E-state index contributed by atoms with van der Waals surface area (Å²) in [4.78, 5) is 0. The number of para-hydroxylation sites is 1. The van der Waals surface area contributed by atoms with Crippen LogP contribution >= 0.6 is 0 Å². The highest BCUT2D eigenvalue weighted by atomic mass is 19.2. The van der Waals surface area contributed by atoms with E-state index < -0.39 is 17.7 Å². The van der Waals surface area contributed by atoms with E-state index in [1.54, 1.807) is 6.07 Å². The summed E-state index contributed by atoms with van der Waals surface area (Å²) in [5, 5.41) is 11.0. The Hall–Kier alpha value is -2.20. The van der Waals surface area contributed by atoms with Crippen molar-refractivity contribution in [3.63, 3.8) is 0 Å². The third-order valence-corrected chi connectivity index (χ3v) is 3.31. The van der Waals surface area contributed by atoms with E-state index >= 15 is 0 Å². The molecule has 2 aromatic carbocycles. The van der Waals surface area contributed by atoms with Crippen LogP contribution in [0, 0.1) is 18.6 Å². The van der Waals surface area contributed by atoms with Crippen LogP contribution < -0.4 is 0 Å². The molecule has 1 heterocycles. The van der Waals surface area contributed by atoms with Gasteiger partial charge in [0.1, 0.15) is 17.4 Å². The number of hydrogen-bond acceptors (Lipinski definition) is 2. The first-order valence-corrected chi connectivity index (χ1v) is 6.19. The summed E-state index contributed by atoms with van der Waals surface area (Å²) in [5.41, 5.74) is 1.42. The Morgan fingerprint density at radius 2 is 1.85 bits per heavy atom. The summed E-state index contributed by atoms with van der Waals surface area (Å²) in [6, 6.07) is 10.9. The van der Waals surface area contributed by atoms with Crippen LogP contribution in [0.5, 0.6) is 0 Å². The van der Waals surface area contributed by atoms with Gasteiger partial charge in [-0.15, -0.1) is 0 Å². The number of halogens is 2. The van der Waals surface area contributed by atoms with Crippen LogP contribution in [0.3, 0.4) is 0 Å². The van der Waals surface area contributed by atoms with Crippen LogP contribution in [0.25, 0.3) is 11.0 Å². The first-order valence-electron chi connectivity index (χ1n) is 6.19. The Morgan fingerprint density at radius 3 is 2.60 bits per heavy atom. The molecule has 0 amide bonds. The van der Waals surface area contributed by atoms with E-state index in [4.69, 9.17) is 4.42 Å². The molecule has 0 radical (unpaired) electrons.